The summed E-state index contributed by atoms with van der Waals surface area (Å²) in [5.74, 6) is 0.608. The Morgan fingerprint density at radius 2 is 1.95 bits per heavy atom. The Morgan fingerprint density at radius 1 is 1.25 bits per heavy atom. The third-order valence-corrected chi connectivity index (χ3v) is 4.44. The number of sulfonamides is 1. The molecule has 0 saturated carbocycles. The Labute approximate surface area is 121 Å². The lowest BCUT2D eigenvalue weighted by molar-refractivity contribution is 0.196. The molecule has 114 valence electrons. The van der Waals surface area contributed by atoms with E-state index in [9.17, 15) is 8.42 Å². The van der Waals surface area contributed by atoms with Crippen LogP contribution in [0, 0.1) is 0 Å². The first kappa shape index (κ1) is 16.9. The molecule has 0 aromatic heterocycles. The summed E-state index contributed by atoms with van der Waals surface area (Å²) in [5.41, 5.74) is 0.961. The maximum atomic E-state index is 12.3. The highest BCUT2D eigenvalue weighted by atomic mass is 32.2. The second-order valence-corrected chi connectivity index (χ2v) is 6.54. The van der Waals surface area contributed by atoms with Crippen LogP contribution in [0.3, 0.4) is 0 Å². The van der Waals surface area contributed by atoms with Gasteiger partial charge in [-0.05, 0) is 30.0 Å². The van der Waals surface area contributed by atoms with E-state index in [0.29, 0.717) is 25.3 Å². The molecule has 0 bridgehead atoms. The molecule has 0 radical (unpaired) electrons. The highest BCUT2D eigenvalue weighted by molar-refractivity contribution is 7.89. The van der Waals surface area contributed by atoms with Crippen molar-refractivity contribution in [3.63, 3.8) is 0 Å². The molecule has 6 heteroatoms. The van der Waals surface area contributed by atoms with Gasteiger partial charge in [-0.25, -0.2) is 13.1 Å². The zero-order valence-electron chi connectivity index (χ0n) is 12.5. The molecule has 0 spiro atoms. The summed E-state index contributed by atoms with van der Waals surface area (Å²) >= 11 is 0. The van der Waals surface area contributed by atoms with Crippen LogP contribution in [0.2, 0.25) is 0 Å². The lowest BCUT2D eigenvalue weighted by Crippen LogP contribution is -2.26. The summed E-state index contributed by atoms with van der Waals surface area (Å²) in [7, 11) is -0.517. The number of methoxy groups -OCH3 is 2. The number of rotatable bonds is 8. The van der Waals surface area contributed by atoms with Crippen molar-refractivity contribution in [2.24, 2.45) is 0 Å². The quantitative estimate of drug-likeness (QED) is 0.747. The molecule has 0 fully saturated rings. The molecule has 0 aliphatic rings. The second kappa shape index (κ2) is 7.61. The van der Waals surface area contributed by atoms with Gasteiger partial charge in [0.1, 0.15) is 10.6 Å². The maximum absolute atomic E-state index is 12.3. The van der Waals surface area contributed by atoms with Gasteiger partial charge in [-0.15, -0.1) is 0 Å². The van der Waals surface area contributed by atoms with Crippen LogP contribution in [0.15, 0.2) is 23.1 Å². The Balaban J connectivity index is 2.99. The van der Waals surface area contributed by atoms with Crippen molar-refractivity contribution >= 4 is 10.0 Å². The minimum Gasteiger partial charge on any atom is -0.495 e. The molecule has 0 amide bonds. The summed E-state index contributed by atoms with van der Waals surface area (Å²) in [4.78, 5) is 0.184. The molecule has 0 heterocycles. The molecule has 20 heavy (non-hydrogen) atoms. The lowest BCUT2D eigenvalue weighted by atomic mass is 10.0. The Bertz CT molecular complexity index is 526. The molecule has 5 nitrogen and oxygen atoms in total. The third-order valence-electron chi connectivity index (χ3n) is 2.96. The SMILES string of the molecule is COCCCNS(=O)(=O)c1cc(C(C)C)ccc1OC. The van der Waals surface area contributed by atoms with Crippen LogP contribution in [0.1, 0.15) is 31.7 Å². The topological polar surface area (TPSA) is 64.6 Å². The van der Waals surface area contributed by atoms with E-state index in [1.807, 2.05) is 19.9 Å². The molecule has 0 aliphatic carbocycles. The van der Waals surface area contributed by atoms with Crippen molar-refractivity contribution in [2.75, 3.05) is 27.4 Å². The van der Waals surface area contributed by atoms with Gasteiger partial charge in [-0.1, -0.05) is 19.9 Å². The average molecular weight is 301 g/mol. The summed E-state index contributed by atoms with van der Waals surface area (Å²) in [6, 6.07) is 5.24. The summed E-state index contributed by atoms with van der Waals surface area (Å²) in [5, 5.41) is 0. The van der Waals surface area contributed by atoms with Gasteiger partial charge in [0.2, 0.25) is 10.0 Å². The van der Waals surface area contributed by atoms with Gasteiger partial charge in [0.25, 0.3) is 0 Å². The Hall–Kier alpha value is -1.11. The monoisotopic (exact) mass is 301 g/mol. The predicted molar refractivity (Wildman–Crippen MR) is 78.8 cm³/mol. The minimum atomic E-state index is -3.57. The van der Waals surface area contributed by atoms with Crippen LogP contribution in [0.25, 0.3) is 0 Å². The van der Waals surface area contributed by atoms with E-state index in [4.69, 9.17) is 9.47 Å². The van der Waals surface area contributed by atoms with Crippen molar-refractivity contribution in [3.8, 4) is 5.75 Å². The fourth-order valence-corrected chi connectivity index (χ4v) is 3.04. The van der Waals surface area contributed by atoms with Crippen molar-refractivity contribution < 1.29 is 17.9 Å². The van der Waals surface area contributed by atoms with Crippen LogP contribution in [0.5, 0.6) is 5.75 Å². The summed E-state index contributed by atoms with van der Waals surface area (Å²) in [6.45, 7) is 4.89. The number of nitrogens with one attached hydrogen (secondary N) is 1. The normalized spacial score (nSPS) is 11.8. The molecular weight excluding hydrogens is 278 g/mol. The van der Waals surface area contributed by atoms with Crippen molar-refractivity contribution in [1.82, 2.24) is 4.72 Å². The second-order valence-electron chi connectivity index (χ2n) is 4.81. The molecule has 0 saturated heterocycles. The highest BCUT2D eigenvalue weighted by Crippen LogP contribution is 2.27. The number of ether oxygens (including phenoxy) is 2. The lowest BCUT2D eigenvalue weighted by Gasteiger charge is -2.13. The van der Waals surface area contributed by atoms with Crippen molar-refractivity contribution in [2.45, 2.75) is 31.1 Å². The van der Waals surface area contributed by atoms with E-state index in [-0.39, 0.29) is 10.8 Å². The van der Waals surface area contributed by atoms with Gasteiger partial charge >= 0.3 is 0 Å². The van der Waals surface area contributed by atoms with Gasteiger partial charge < -0.3 is 9.47 Å². The van der Waals surface area contributed by atoms with Crippen LogP contribution in [-0.2, 0) is 14.8 Å². The molecule has 0 unspecified atom stereocenters. The largest absolute Gasteiger partial charge is 0.495 e. The average Bonchev–Trinajstić information content (AvgIpc) is 2.42. The zero-order chi connectivity index (χ0) is 15.2. The number of hydrogen-bond donors (Lipinski definition) is 1. The Morgan fingerprint density at radius 3 is 2.50 bits per heavy atom. The molecule has 1 rings (SSSR count). The molecule has 1 aromatic rings. The number of hydrogen-bond acceptors (Lipinski definition) is 4. The van der Waals surface area contributed by atoms with Crippen LogP contribution in [0.4, 0.5) is 0 Å². The first-order valence-electron chi connectivity index (χ1n) is 6.59. The maximum Gasteiger partial charge on any atom is 0.244 e. The van der Waals surface area contributed by atoms with Crippen LogP contribution in [-0.4, -0.2) is 35.8 Å². The standard InChI is InChI=1S/C14H23NO4S/c1-11(2)12-6-7-13(19-4)14(10-12)20(16,17)15-8-5-9-18-3/h6-7,10-11,15H,5,8-9H2,1-4H3. The van der Waals surface area contributed by atoms with Crippen LogP contribution >= 0.6 is 0 Å². The molecular formula is C14H23NO4S. The zero-order valence-corrected chi connectivity index (χ0v) is 13.3. The van der Waals surface area contributed by atoms with Crippen molar-refractivity contribution in [3.05, 3.63) is 23.8 Å². The van der Waals surface area contributed by atoms with E-state index in [2.05, 4.69) is 4.72 Å². The van der Waals surface area contributed by atoms with Gasteiger partial charge in [-0.2, -0.15) is 0 Å². The van der Waals surface area contributed by atoms with Gasteiger partial charge in [-0.3, -0.25) is 0 Å². The van der Waals surface area contributed by atoms with Gasteiger partial charge in [0.15, 0.2) is 0 Å². The van der Waals surface area contributed by atoms with Gasteiger partial charge in [0.05, 0.1) is 7.11 Å². The third kappa shape index (κ3) is 4.47. The fraction of sp³-hybridized carbons (Fsp3) is 0.571. The van der Waals surface area contributed by atoms with E-state index >= 15 is 0 Å². The molecule has 0 aliphatic heterocycles. The smallest absolute Gasteiger partial charge is 0.244 e. The highest BCUT2D eigenvalue weighted by Gasteiger charge is 2.20. The van der Waals surface area contributed by atoms with E-state index in [1.54, 1.807) is 19.2 Å². The minimum absolute atomic E-state index is 0.184. The van der Waals surface area contributed by atoms with E-state index in [0.717, 1.165) is 5.56 Å². The number of benzene rings is 1. The van der Waals surface area contributed by atoms with E-state index in [1.165, 1.54) is 7.11 Å². The van der Waals surface area contributed by atoms with Gasteiger partial charge in [0, 0.05) is 20.3 Å². The summed E-state index contributed by atoms with van der Waals surface area (Å²) in [6.07, 6.45) is 0.627. The van der Waals surface area contributed by atoms with E-state index < -0.39 is 10.0 Å². The first-order valence-corrected chi connectivity index (χ1v) is 8.07. The van der Waals surface area contributed by atoms with Crippen molar-refractivity contribution in [1.29, 1.82) is 0 Å². The molecule has 1 N–H and O–H groups in total. The summed E-state index contributed by atoms with van der Waals surface area (Å²) < 4.78 is 37.2. The molecule has 0 atom stereocenters. The fourth-order valence-electron chi connectivity index (χ4n) is 1.76. The Kier molecular flexibility index (Phi) is 6.45. The van der Waals surface area contributed by atoms with Crippen LogP contribution < -0.4 is 9.46 Å². The molecule has 1 aromatic carbocycles. The predicted octanol–water partition coefficient (Wildman–Crippen LogP) is 2.13. The first-order chi connectivity index (χ1) is 9.42.